The van der Waals surface area contributed by atoms with E-state index in [0.717, 1.165) is 22.6 Å². The van der Waals surface area contributed by atoms with Gasteiger partial charge in [0, 0.05) is 29.1 Å². The Morgan fingerprint density at radius 2 is 2.04 bits per heavy atom. The summed E-state index contributed by atoms with van der Waals surface area (Å²) in [7, 11) is 1.62. The number of nitrogens with zero attached hydrogens (tertiary/aromatic N) is 4. The largest absolute Gasteiger partial charge is 0.496 e. The number of hydrogen-bond donors (Lipinski definition) is 3. The average Bonchev–Trinajstić information content (AvgIpc) is 2.97. The molecule has 0 radical (unpaired) electrons. The molecule has 3 rings (SSSR count). The number of methoxy groups -OCH3 is 1. The van der Waals surface area contributed by atoms with Gasteiger partial charge < -0.3 is 25.3 Å². The van der Waals surface area contributed by atoms with Gasteiger partial charge in [-0.3, -0.25) is 4.98 Å². The van der Waals surface area contributed by atoms with Gasteiger partial charge in [-0.05, 0) is 20.8 Å². The van der Waals surface area contributed by atoms with Gasteiger partial charge in [0.1, 0.15) is 22.2 Å². The highest BCUT2D eigenvalue weighted by Gasteiger charge is 2.29. The highest BCUT2D eigenvalue weighted by Crippen LogP contribution is 2.34. The van der Waals surface area contributed by atoms with Crippen molar-refractivity contribution in [3.05, 3.63) is 39.9 Å². The SMILES string of the molecule is COc1c(C)cnc(Cn2cc([C@@](C)(O)CO)c3c(Cl)nc(N)nc32)c1C. The highest BCUT2D eigenvalue weighted by atomic mass is 35.5. The number of nitrogens with two attached hydrogens (primary N) is 1. The second kappa shape index (κ2) is 6.95. The Morgan fingerprint density at radius 3 is 2.67 bits per heavy atom. The van der Waals surface area contributed by atoms with Gasteiger partial charge in [-0.1, -0.05) is 11.6 Å². The molecule has 0 bridgehead atoms. The number of pyridine rings is 1. The van der Waals surface area contributed by atoms with E-state index in [-0.39, 0.29) is 11.1 Å². The molecule has 3 aromatic heterocycles. The number of aliphatic hydroxyl groups excluding tert-OH is 1. The molecule has 3 heterocycles. The third-order valence-corrected chi connectivity index (χ3v) is 4.92. The first-order valence-electron chi connectivity index (χ1n) is 8.34. The standard InChI is InChI=1S/C18H22ClN5O3/c1-9-5-21-12(10(2)14(9)27-4)7-24-6-11(18(3,26)8-25)13-15(19)22-17(20)23-16(13)24/h5-6,25-26H,7-8H2,1-4H3,(H2,20,22,23)/t18-/m0/s1. The van der Waals surface area contributed by atoms with Crippen LogP contribution in [0.1, 0.15) is 29.3 Å². The molecule has 0 amide bonds. The number of aromatic nitrogens is 4. The molecule has 0 saturated carbocycles. The maximum absolute atomic E-state index is 10.6. The van der Waals surface area contributed by atoms with E-state index in [2.05, 4.69) is 15.0 Å². The number of hydrogen-bond acceptors (Lipinski definition) is 7. The Balaban J connectivity index is 2.21. The van der Waals surface area contributed by atoms with Crippen molar-refractivity contribution in [2.75, 3.05) is 19.5 Å². The Morgan fingerprint density at radius 1 is 1.33 bits per heavy atom. The van der Waals surface area contributed by atoms with Gasteiger partial charge in [-0.25, -0.2) is 4.98 Å². The normalized spacial score (nSPS) is 13.7. The number of nitrogen functional groups attached to an aromatic ring is 1. The summed E-state index contributed by atoms with van der Waals surface area (Å²) < 4.78 is 7.25. The quantitative estimate of drug-likeness (QED) is 0.568. The van der Waals surface area contributed by atoms with Crippen LogP contribution in [0, 0.1) is 13.8 Å². The zero-order valence-electron chi connectivity index (χ0n) is 15.6. The molecule has 144 valence electrons. The van der Waals surface area contributed by atoms with E-state index in [1.807, 2.05) is 13.8 Å². The van der Waals surface area contributed by atoms with E-state index >= 15 is 0 Å². The van der Waals surface area contributed by atoms with E-state index < -0.39 is 12.2 Å². The van der Waals surface area contributed by atoms with Crippen LogP contribution in [0.3, 0.4) is 0 Å². The maximum atomic E-state index is 10.6. The van der Waals surface area contributed by atoms with Crippen molar-refractivity contribution in [1.29, 1.82) is 0 Å². The molecule has 0 aliphatic carbocycles. The molecule has 0 aromatic carbocycles. The van der Waals surface area contributed by atoms with Gasteiger partial charge in [0.25, 0.3) is 0 Å². The molecule has 0 saturated heterocycles. The molecule has 1 atom stereocenters. The van der Waals surface area contributed by atoms with Crippen molar-refractivity contribution < 1.29 is 14.9 Å². The summed E-state index contributed by atoms with van der Waals surface area (Å²) in [5.74, 6) is 0.791. The van der Waals surface area contributed by atoms with Crippen LogP contribution < -0.4 is 10.5 Å². The minimum atomic E-state index is -1.51. The fourth-order valence-electron chi connectivity index (χ4n) is 3.16. The van der Waals surface area contributed by atoms with Gasteiger partial charge >= 0.3 is 0 Å². The van der Waals surface area contributed by atoms with Crippen molar-refractivity contribution >= 4 is 28.6 Å². The first-order valence-corrected chi connectivity index (χ1v) is 8.72. The van der Waals surface area contributed by atoms with Gasteiger partial charge in [-0.15, -0.1) is 0 Å². The molecule has 0 fully saturated rings. The van der Waals surface area contributed by atoms with Gasteiger partial charge in [-0.2, -0.15) is 4.98 Å². The highest BCUT2D eigenvalue weighted by molar-refractivity contribution is 6.34. The topological polar surface area (TPSA) is 119 Å². The second-order valence-corrected chi connectivity index (χ2v) is 7.08. The summed E-state index contributed by atoms with van der Waals surface area (Å²) in [5.41, 5.74) is 7.75. The first-order chi connectivity index (χ1) is 12.7. The fraction of sp³-hybridized carbons (Fsp3) is 0.389. The number of anilines is 1. The van der Waals surface area contributed by atoms with Crippen molar-refractivity contribution in [2.45, 2.75) is 32.9 Å². The Kier molecular flexibility index (Phi) is 4.98. The molecule has 0 spiro atoms. The predicted molar refractivity (Wildman–Crippen MR) is 103 cm³/mol. The Labute approximate surface area is 161 Å². The van der Waals surface area contributed by atoms with Crippen LogP contribution in [-0.4, -0.2) is 43.4 Å². The summed E-state index contributed by atoms with van der Waals surface area (Å²) in [6, 6.07) is 0. The summed E-state index contributed by atoms with van der Waals surface area (Å²) in [4.78, 5) is 12.8. The van der Waals surface area contributed by atoms with E-state index in [0.29, 0.717) is 23.1 Å². The molecule has 0 unspecified atom stereocenters. The summed E-state index contributed by atoms with van der Waals surface area (Å²) in [6.45, 7) is 5.23. The van der Waals surface area contributed by atoms with Crippen molar-refractivity contribution in [3.63, 3.8) is 0 Å². The van der Waals surface area contributed by atoms with Crippen LogP contribution in [0.2, 0.25) is 5.15 Å². The number of halogens is 1. The van der Waals surface area contributed by atoms with Crippen LogP contribution in [-0.2, 0) is 12.1 Å². The minimum absolute atomic E-state index is 0.0215. The molecule has 9 heteroatoms. The van der Waals surface area contributed by atoms with Gasteiger partial charge in [0.05, 0.1) is 31.3 Å². The molecule has 3 aromatic rings. The summed E-state index contributed by atoms with van der Waals surface area (Å²) in [5, 5.41) is 20.8. The van der Waals surface area contributed by atoms with Crippen molar-refractivity contribution in [1.82, 2.24) is 19.5 Å². The van der Waals surface area contributed by atoms with Crippen LogP contribution in [0.25, 0.3) is 11.0 Å². The monoisotopic (exact) mass is 391 g/mol. The number of aliphatic hydroxyl groups is 2. The van der Waals surface area contributed by atoms with Crippen LogP contribution in [0.15, 0.2) is 12.4 Å². The van der Waals surface area contributed by atoms with Crippen LogP contribution in [0.4, 0.5) is 5.95 Å². The average molecular weight is 392 g/mol. The lowest BCUT2D eigenvalue weighted by molar-refractivity contribution is -0.00119. The Bertz CT molecular complexity index is 1020. The zero-order chi connectivity index (χ0) is 19.9. The minimum Gasteiger partial charge on any atom is -0.496 e. The van der Waals surface area contributed by atoms with E-state index in [1.165, 1.54) is 6.92 Å². The Hall–Kier alpha value is -2.42. The molecule has 4 N–H and O–H groups in total. The fourth-order valence-corrected chi connectivity index (χ4v) is 3.44. The van der Waals surface area contributed by atoms with Gasteiger partial charge in [0.15, 0.2) is 0 Å². The smallest absolute Gasteiger partial charge is 0.223 e. The lowest BCUT2D eigenvalue weighted by Gasteiger charge is -2.19. The third kappa shape index (κ3) is 3.31. The summed E-state index contributed by atoms with van der Waals surface area (Å²) in [6.07, 6.45) is 3.43. The maximum Gasteiger partial charge on any atom is 0.223 e. The van der Waals surface area contributed by atoms with Crippen molar-refractivity contribution in [2.24, 2.45) is 0 Å². The first kappa shape index (κ1) is 19.3. The lowest BCUT2D eigenvalue weighted by atomic mass is 9.98. The molecule has 0 aliphatic rings. The van der Waals surface area contributed by atoms with Gasteiger partial charge in [0.2, 0.25) is 5.95 Å². The molecule has 27 heavy (non-hydrogen) atoms. The number of rotatable bonds is 5. The second-order valence-electron chi connectivity index (χ2n) is 6.72. The van der Waals surface area contributed by atoms with E-state index in [9.17, 15) is 10.2 Å². The van der Waals surface area contributed by atoms with E-state index in [1.54, 1.807) is 24.1 Å². The molecular weight excluding hydrogens is 370 g/mol. The zero-order valence-corrected chi connectivity index (χ0v) is 16.4. The number of fused-ring (bicyclic) bond motifs is 1. The van der Waals surface area contributed by atoms with Crippen LogP contribution in [0.5, 0.6) is 5.75 Å². The van der Waals surface area contributed by atoms with E-state index in [4.69, 9.17) is 22.1 Å². The number of aryl methyl sites for hydroxylation is 1. The van der Waals surface area contributed by atoms with Crippen molar-refractivity contribution in [3.8, 4) is 5.75 Å². The third-order valence-electron chi connectivity index (χ3n) is 4.65. The lowest BCUT2D eigenvalue weighted by Crippen LogP contribution is -2.25. The van der Waals surface area contributed by atoms with Crippen LogP contribution >= 0.6 is 11.6 Å². The number of ether oxygens (including phenoxy) is 1. The molecular formula is C18H22ClN5O3. The summed E-state index contributed by atoms with van der Waals surface area (Å²) >= 11 is 6.27. The molecule has 8 nitrogen and oxygen atoms in total. The predicted octanol–water partition coefficient (Wildman–Crippen LogP) is 1.94. The molecule has 0 aliphatic heterocycles.